The molecule has 13 heavy (non-hydrogen) atoms. The fraction of sp³-hybridized carbons (Fsp3) is 1.00. The summed E-state index contributed by atoms with van der Waals surface area (Å²) in [5.41, 5.74) is 0.412. The van der Waals surface area contributed by atoms with Crippen molar-refractivity contribution in [2.75, 3.05) is 6.61 Å². The molecule has 0 saturated heterocycles. The van der Waals surface area contributed by atoms with Crippen LogP contribution in [0.25, 0.3) is 0 Å². The van der Waals surface area contributed by atoms with Gasteiger partial charge in [0.05, 0.1) is 0 Å². The average molecular weight is 180 g/mol. The molecule has 74 valence electrons. The largest absolute Gasteiger partial charge is 0.396 e. The molecule has 3 fully saturated rings. The zero-order valence-corrected chi connectivity index (χ0v) is 8.34. The lowest BCUT2D eigenvalue weighted by Crippen LogP contribution is -2.18. The lowest BCUT2D eigenvalue weighted by Gasteiger charge is -2.25. The van der Waals surface area contributed by atoms with Crippen LogP contribution in [-0.4, -0.2) is 11.7 Å². The molecule has 0 radical (unpaired) electrons. The number of aliphatic hydroxyl groups excluding tert-OH is 1. The molecule has 0 spiro atoms. The topological polar surface area (TPSA) is 20.2 Å². The van der Waals surface area contributed by atoms with Gasteiger partial charge in [0, 0.05) is 6.61 Å². The molecule has 3 aliphatic carbocycles. The first-order valence-corrected chi connectivity index (χ1v) is 5.92. The van der Waals surface area contributed by atoms with Gasteiger partial charge in [0.15, 0.2) is 0 Å². The second-order valence-corrected chi connectivity index (χ2v) is 5.80. The van der Waals surface area contributed by atoms with E-state index in [2.05, 4.69) is 0 Å². The Bertz CT molecular complexity index is 207. The molecule has 0 aromatic heterocycles. The van der Waals surface area contributed by atoms with Crippen LogP contribution in [0.3, 0.4) is 0 Å². The van der Waals surface area contributed by atoms with Crippen molar-refractivity contribution in [3.8, 4) is 0 Å². The van der Waals surface area contributed by atoms with Gasteiger partial charge in [0.1, 0.15) is 0 Å². The van der Waals surface area contributed by atoms with Gasteiger partial charge in [0.25, 0.3) is 0 Å². The highest BCUT2D eigenvalue weighted by Gasteiger charge is 2.48. The summed E-state index contributed by atoms with van der Waals surface area (Å²) in [6.07, 6.45) is 9.97. The van der Waals surface area contributed by atoms with Crippen molar-refractivity contribution in [2.24, 2.45) is 23.2 Å². The van der Waals surface area contributed by atoms with Crippen LogP contribution in [0, 0.1) is 23.2 Å². The van der Waals surface area contributed by atoms with Crippen LogP contribution in [0.4, 0.5) is 0 Å². The first-order chi connectivity index (χ1) is 6.31. The average Bonchev–Trinajstić information content (AvgIpc) is 2.62. The second kappa shape index (κ2) is 2.73. The summed E-state index contributed by atoms with van der Waals surface area (Å²) >= 11 is 0. The molecule has 0 aromatic carbocycles. The molecule has 2 bridgehead atoms. The molecule has 3 atom stereocenters. The van der Waals surface area contributed by atoms with E-state index < -0.39 is 0 Å². The standard InChI is InChI=1S/C12H20O/c13-8-12(3-4-12)7-11-6-9-1-2-10(11)5-9/h9-11,13H,1-8H2. The Morgan fingerprint density at radius 1 is 1.15 bits per heavy atom. The fourth-order valence-electron chi connectivity index (χ4n) is 3.79. The zero-order valence-electron chi connectivity index (χ0n) is 8.34. The van der Waals surface area contributed by atoms with Crippen molar-refractivity contribution in [2.45, 2.75) is 44.9 Å². The van der Waals surface area contributed by atoms with Crippen molar-refractivity contribution in [1.82, 2.24) is 0 Å². The Balaban J connectivity index is 1.62. The minimum absolute atomic E-state index is 0.412. The number of hydrogen-bond donors (Lipinski definition) is 1. The molecule has 3 saturated carbocycles. The van der Waals surface area contributed by atoms with Gasteiger partial charge in [-0.2, -0.15) is 0 Å². The van der Waals surface area contributed by atoms with Gasteiger partial charge in [-0.15, -0.1) is 0 Å². The quantitative estimate of drug-likeness (QED) is 0.707. The molecular formula is C12H20O. The number of fused-ring (bicyclic) bond motifs is 2. The third-order valence-electron chi connectivity index (χ3n) is 4.87. The van der Waals surface area contributed by atoms with Crippen molar-refractivity contribution >= 4 is 0 Å². The molecule has 3 unspecified atom stereocenters. The highest BCUT2D eigenvalue weighted by molar-refractivity contribution is 4.99. The van der Waals surface area contributed by atoms with Crippen LogP contribution in [0.15, 0.2) is 0 Å². The number of rotatable bonds is 3. The predicted molar refractivity (Wildman–Crippen MR) is 52.3 cm³/mol. The van der Waals surface area contributed by atoms with Gasteiger partial charge in [-0.25, -0.2) is 0 Å². The normalized spacial score (nSPS) is 45.5. The molecule has 0 amide bonds. The molecule has 1 N–H and O–H groups in total. The Morgan fingerprint density at radius 3 is 2.46 bits per heavy atom. The summed E-state index contributed by atoms with van der Waals surface area (Å²) in [6, 6.07) is 0. The molecule has 0 aromatic rings. The van der Waals surface area contributed by atoms with Crippen molar-refractivity contribution < 1.29 is 5.11 Å². The van der Waals surface area contributed by atoms with E-state index in [1.807, 2.05) is 0 Å². The van der Waals surface area contributed by atoms with E-state index in [-0.39, 0.29) is 0 Å². The summed E-state index contributed by atoms with van der Waals surface area (Å²) in [5, 5.41) is 9.29. The van der Waals surface area contributed by atoms with Crippen LogP contribution in [0.5, 0.6) is 0 Å². The Labute approximate surface area is 80.5 Å². The van der Waals surface area contributed by atoms with E-state index in [1.54, 1.807) is 0 Å². The highest BCUT2D eigenvalue weighted by Crippen LogP contribution is 2.57. The Morgan fingerprint density at radius 2 is 2.00 bits per heavy atom. The maximum absolute atomic E-state index is 9.29. The molecule has 0 heterocycles. The van der Waals surface area contributed by atoms with E-state index in [0.717, 1.165) is 17.8 Å². The SMILES string of the molecule is OCC1(CC2CC3CCC2C3)CC1. The van der Waals surface area contributed by atoms with Gasteiger partial charge in [-0.3, -0.25) is 0 Å². The molecule has 1 nitrogen and oxygen atoms in total. The first-order valence-electron chi connectivity index (χ1n) is 5.92. The Hall–Kier alpha value is -0.0400. The van der Waals surface area contributed by atoms with E-state index in [9.17, 15) is 5.11 Å². The highest BCUT2D eigenvalue weighted by atomic mass is 16.3. The third-order valence-corrected chi connectivity index (χ3v) is 4.87. The maximum Gasteiger partial charge on any atom is 0.0487 e. The minimum atomic E-state index is 0.412. The first kappa shape index (κ1) is 8.28. The monoisotopic (exact) mass is 180 g/mol. The van der Waals surface area contributed by atoms with E-state index in [4.69, 9.17) is 0 Å². The lowest BCUT2D eigenvalue weighted by molar-refractivity contribution is 0.163. The van der Waals surface area contributed by atoms with E-state index in [1.165, 1.54) is 44.9 Å². The van der Waals surface area contributed by atoms with Crippen LogP contribution >= 0.6 is 0 Å². The van der Waals surface area contributed by atoms with Crippen molar-refractivity contribution in [3.05, 3.63) is 0 Å². The summed E-state index contributed by atoms with van der Waals surface area (Å²) < 4.78 is 0. The van der Waals surface area contributed by atoms with Crippen LogP contribution in [0.1, 0.15) is 44.9 Å². The van der Waals surface area contributed by atoms with Crippen molar-refractivity contribution in [1.29, 1.82) is 0 Å². The van der Waals surface area contributed by atoms with Crippen LogP contribution < -0.4 is 0 Å². The van der Waals surface area contributed by atoms with E-state index in [0.29, 0.717) is 12.0 Å². The van der Waals surface area contributed by atoms with E-state index >= 15 is 0 Å². The summed E-state index contributed by atoms with van der Waals surface area (Å²) in [7, 11) is 0. The third kappa shape index (κ3) is 1.32. The van der Waals surface area contributed by atoms with Gasteiger partial charge in [-0.05, 0) is 61.7 Å². The number of aliphatic hydroxyl groups is 1. The predicted octanol–water partition coefficient (Wildman–Crippen LogP) is 2.59. The minimum Gasteiger partial charge on any atom is -0.396 e. The molecule has 0 aliphatic heterocycles. The van der Waals surface area contributed by atoms with Gasteiger partial charge >= 0.3 is 0 Å². The summed E-state index contributed by atoms with van der Waals surface area (Å²) in [5.74, 6) is 3.12. The number of hydrogen-bond acceptors (Lipinski definition) is 1. The molecule has 3 aliphatic rings. The van der Waals surface area contributed by atoms with Crippen molar-refractivity contribution in [3.63, 3.8) is 0 Å². The lowest BCUT2D eigenvalue weighted by atomic mass is 9.81. The fourth-order valence-corrected chi connectivity index (χ4v) is 3.79. The summed E-state index contributed by atoms with van der Waals surface area (Å²) in [6.45, 7) is 0.459. The second-order valence-electron chi connectivity index (χ2n) is 5.80. The van der Waals surface area contributed by atoms with Gasteiger partial charge < -0.3 is 5.11 Å². The van der Waals surface area contributed by atoms with Crippen LogP contribution in [0.2, 0.25) is 0 Å². The maximum atomic E-state index is 9.29. The zero-order chi connectivity index (χ0) is 8.89. The smallest absolute Gasteiger partial charge is 0.0487 e. The van der Waals surface area contributed by atoms with Crippen LogP contribution in [-0.2, 0) is 0 Å². The van der Waals surface area contributed by atoms with Gasteiger partial charge in [0.2, 0.25) is 0 Å². The molecular weight excluding hydrogens is 160 g/mol. The Kier molecular flexibility index (Phi) is 1.74. The summed E-state index contributed by atoms with van der Waals surface area (Å²) in [4.78, 5) is 0. The molecule has 1 heteroatoms. The van der Waals surface area contributed by atoms with Gasteiger partial charge in [-0.1, -0.05) is 6.42 Å². The molecule has 3 rings (SSSR count).